The Morgan fingerprint density at radius 2 is 2.06 bits per heavy atom. The minimum Gasteiger partial charge on any atom is -0.496 e. The van der Waals surface area contributed by atoms with E-state index in [-0.39, 0.29) is 19.3 Å². The van der Waals surface area contributed by atoms with Crippen LogP contribution in [0.25, 0.3) is 0 Å². The summed E-state index contributed by atoms with van der Waals surface area (Å²) in [5.41, 5.74) is -0.387. The first-order valence-electron chi connectivity index (χ1n) is 5.30. The summed E-state index contributed by atoms with van der Waals surface area (Å²) in [5.74, 6) is -0.630. The topological polar surface area (TPSA) is 46.5 Å². The fraction of sp³-hybridized carbons (Fsp3) is 0.417. The van der Waals surface area contributed by atoms with Gasteiger partial charge in [-0.25, -0.2) is 0 Å². The summed E-state index contributed by atoms with van der Waals surface area (Å²) in [6, 6.07) is 3.19. The number of carbonyl (C=O) groups is 1. The molecule has 0 aliphatic rings. The summed E-state index contributed by atoms with van der Waals surface area (Å²) in [6.07, 6.45) is -3.99. The Morgan fingerprint density at radius 1 is 1.39 bits per heavy atom. The molecule has 6 heteroatoms. The van der Waals surface area contributed by atoms with Crippen molar-refractivity contribution >= 4 is 5.97 Å². The average Bonchev–Trinajstić information content (AvgIpc) is 2.27. The van der Waals surface area contributed by atoms with Crippen LogP contribution in [0.4, 0.5) is 13.2 Å². The van der Waals surface area contributed by atoms with Crippen molar-refractivity contribution in [3.05, 3.63) is 29.3 Å². The van der Waals surface area contributed by atoms with Crippen LogP contribution in [0.2, 0.25) is 0 Å². The number of alkyl halides is 3. The molecule has 0 heterocycles. The molecule has 1 N–H and O–H groups in total. The van der Waals surface area contributed by atoms with Gasteiger partial charge in [-0.3, -0.25) is 4.79 Å². The van der Waals surface area contributed by atoms with Gasteiger partial charge >= 0.3 is 12.1 Å². The highest BCUT2D eigenvalue weighted by Crippen LogP contribution is 2.33. The number of carboxylic acid groups (broad SMARTS) is 1. The van der Waals surface area contributed by atoms with Crippen molar-refractivity contribution in [1.29, 1.82) is 0 Å². The number of hydrogen-bond acceptors (Lipinski definition) is 2. The van der Waals surface area contributed by atoms with Gasteiger partial charge in [-0.2, -0.15) is 13.2 Å². The van der Waals surface area contributed by atoms with E-state index in [1.54, 1.807) is 0 Å². The van der Waals surface area contributed by atoms with Crippen LogP contribution in [-0.4, -0.2) is 18.2 Å². The number of carboxylic acids is 1. The normalized spacial score (nSPS) is 11.3. The number of ether oxygens (including phenoxy) is 1. The molecule has 18 heavy (non-hydrogen) atoms. The first kappa shape index (κ1) is 14.3. The van der Waals surface area contributed by atoms with Crippen molar-refractivity contribution in [1.82, 2.24) is 0 Å². The molecule has 0 unspecified atom stereocenters. The molecule has 1 aromatic carbocycles. The Morgan fingerprint density at radius 3 is 2.56 bits per heavy atom. The molecule has 0 atom stereocenters. The van der Waals surface area contributed by atoms with Gasteiger partial charge in [-0.15, -0.1) is 0 Å². The quantitative estimate of drug-likeness (QED) is 0.886. The zero-order chi connectivity index (χ0) is 13.8. The fourth-order valence-electron chi connectivity index (χ4n) is 1.58. The van der Waals surface area contributed by atoms with Gasteiger partial charge < -0.3 is 9.84 Å². The van der Waals surface area contributed by atoms with Crippen LogP contribution in [0, 0.1) is 0 Å². The zero-order valence-corrected chi connectivity index (χ0v) is 9.75. The highest BCUT2D eigenvalue weighted by molar-refractivity contribution is 5.66. The molecule has 0 spiro atoms. The van der Waals surface area contributed by atoms with E-state index in [1.807, 2.05) is 0 Å². The number of benzene rings is 1. The number of halogens is 3. The van der Waals surface area contributed by atoms with Crippen LogP contribution in [0.3, 0.4) is 0 Å². The van der Waals surface area contributed by atoms with Crippen LogP contribution in [0.5, 0.6) is 5.75 Å². The fourth-order valence-corrected chi connectivity index (χ4v) is 1.58. The van der Waals surface area contributed by atoms with Gasteiger partial charge in [0.1, 0.15) is 5.75 Å². The summed E-state index contributed by atoms with van der Waals surface area (Å²) in [5, 5.41) is 8.49. The molecule has 1 rings (SSSR count). The largest absolute Gasteiger partial charge is 0.496 e. The lowest BCUT2D eigenvalue weighted by molar-refractivity contribution is -0.138. The van der Waals surface area contributed by atoms with Crippen molar-refractivity contribution in [2.24, 2.45) is 0 Å². The van der Waals surface area contributed by atoms with Gasteiger partial charge in [0.25, 0.3) is 0 Å². The standard InChI is InChI=1S/C12H13F3O3/c1-18-10-6-5-9(12(13,14)15)7-8(10)3-2-4-11(16)17/h5-7H,2-4H2,1H3,(H,16,17). The van der Waals surface area contributed by atoms with E-state index < -0.39 is 17.7 Å². The van der Waals surface area contributed by atoms with Crippen molar-refractivity contribution in [3.63, 3.8) is 0 Å². The van der Waals surface area contributed by atoms with Crippen molar-refractivity contribution < 1.29 is 27.8 Å². The highest BCUT2D eigenvalue weighted by atomic mass is 19.4. The van der Waals surface area contributed by atoms with Crippen LogP contribution < -0.4 is 4.74 Å². The van der Waals surface area contributed by atoms with E-state index in [0.29, 0.717) is 11.3 Å². The minimum atomic E-state index is -4.41. The summed E-state index contributed by atoms with van der Waals surface area (Å²) in [6.45, 7) is 0. The Labute approximate surface area is 102 Å². The molecular weight excluding hydrogens is 249 g/mol. The summed E-state index contributed by atoms with van der Waals surface area (Å²) < 4.78 is 42.5. The number of methoxy groups -OCH3 is 1. The second-order valence-electron chi connectivity index (χ2n) is 3.77. The smallest absolute Gasteiger partial charge is 0.416 e. The number of hydrogen-bond donors (Lipinski definition) is 1. The van der Waals surface area contributed by atoms with E-state index in [2.05, 4.69) is 0 Å². The summed E-state index contributed by atoms with van der Waals surface area (Å²) >= 11 is 0. The van der Waals surface area contributed by atoms with Gasteiger partial charge in [0.05, 0.1) is 12.7 Å². The summed E-state index contributed by atoms with van der Waals surface area (Å²) in [4.78, 5) is 10.4. The molecule has 0 amide bonds. The van der Waals surface area contributed by atoms with Gasteiger partial charge in [-0.1, -0.05) is 0 Å². The monoisotopic (exact) mass is 262 g/mol. The molecule has 0 aliphatic carbocycles. The first-order chi connectivity index (χ1) is 8.34. The minimum absolute atomic E-state index is 0.0839. The van der Waals surface area contributed by atoms with Crippen LogP contribution in [0.15, 0.2) is 18.2 Å². The van der Waals surface area contributed by atoms with Gasteiger partial charge in [0.2, 0.25) is 0 Å². The van der Waals surface area contributed by atoms with Crippen molar-refractivity contribution in [2.45, 2.75) is 25.4 Å². The Kier molecular flexibility index (Phi) is 4.58. The van der Waals surface area contributed by atoms with E-state index in [1.165, 1.54) is 13.2 Å². The molecule has 0 aromatic heterocycles. The first-order valence-corrected chi connectivity index (χ1v) is 5.30. The highest BCUT2D eigenvalue weighted by Gasteiger charge is 2.31. The molecule has 0 radical (unpaired) electrons. The Balaban J connectivity index is 2.89. The number of rotatable bonds is 5. The number of aliphatic carboxylic acids is 1. The zero-order valence-electron chi connectivity index (χ0n) is 9.75. The molecule has 3 nitrogen and oxygen atoms in total. The molecule has 100 valence electrons. The second kappa shape index (κ2) is 5.75. The molecule has 1 aromatic rings. The lowest BCUT2D eigenvalue weighted by atomic mass is 10.0. The van der Waals surface area contributed by atoms with Crippen LogP contribution in [-0.2, 0) is 17.4 Å². The predicted octanol–water partition coefficient (Wildman–Crippen LogP) is 3.12. The van der Waals surface area contributed by atoms with Gasteiger partial charge in [-0.05, 0) is 36.6 Å². The molecule has 0 saturated heterocycles. The molecule has 0 bridgehead atoms. The van der Waals surface area contributed by atoms with E-state index >= 15 is 0 Å². The molecule has 0 aliphatic heterocycles. The Hall–Kier alpha value is -1.72. The third-order valence-corrected chi connectivity index (χ3v) is 2.44. The molecule has 0 saturated carbocycles. The SMILES string of the molecule is COc1ccc(C(F)(F)F)cc1CCCC(=O)O. The predicted molar refractivity (Wildman–Crippen MR) is 58.6 cm³/mol. The number of aryl methyl sites for hydroxylation is 1. The van der Waals surface area contributed by atoms with Gasteiger partial charge in [0.15, 0.2) is 0 Å². The lowest BCUT2D eigenvalue weighted by Crippen LogP contribution is -2.06. The maximum absolute atomic E-state index is 12.5. The molecule has 0 fully saturated rings. The van der Waals surface area contributed by atoms with Crippen LogP contribution >= 0.6 is 0 Å². The second-order valence-corrected chi connectivity index (χ2v) is 3.77. The maximum atomic E-state index is 12.5. The maximum Gasteiger partial charge on any atom is 0.416 e. The van der Waals surface area contributed by atoms with Crippen molar-refractivity contribution in [3.8, 4) is 5.75 Å². The van der Waals surface area contributed by atoms with E-state index in [4.69, 9.17) is 9.84 Å². The average molecular weight is 262 g/mol. The van der Waals surface area contributed by atoms with E-state index in [0.717, 1.165) is 12.1 Å². The third kappa shape index (κ3) is 3.94. The van der Waals surface area contributed by atoms with Gasteiger partial charge in [0, 0.05) is 6.42 Å². The Bertz CT molecular complexity index is 427. The van der Waals surface area contributed by atoms with Crippen LogP contribution in [0.1, 0.15) is 24.0 Å². The summed E-state index contributed by atoms with van der Waals surface area (Å²) in [7, 11) is 1.36. The van der Waals surface area contributed by atoms with E-state index in [9.17, 15) is 18.0 Å². The lowest BCUT2D eigenvalue weighted by Gasteiger charge is -2.12. The van der Waals surface area contributed by atoms with Crippen molar-refractivity contribution in [2.75, 3.05) is 7.11 Å². The third-order valence-electron chi connectivity index (χ3n) is 2.44. The molecular formula is C12H13F3O3.